The molecule has 0 aromatic carbocycles. The summed E-state index contributed by atoms with van der Waals surface area (Å²) in [5, 5.41) is 10.7. The fourth-order valence-electron chi connectivity index (χ4n) is 4.21. The van der Waals surface area contributed by atoms with Crippen molar-refractivity contribution in [3.05, 3.63) is 23.5 Å². The Morgan fingerprint density at radius 3 is 2.73 bits per heavy atom. The lowest BCUT2D eigenvalue weighted by molar-refractivity contribution is -0.143. The maximum atomic E-state index is 12.5. The number of likely N-dealkylation sites (tertiary alicyclic amines) is 1. The molecule has 22 heavy (non-hydrogen) atoms. The number of rotatable bonds is 3. The Balaban J connectivity index is 1.57. The normalized spacial score (nSPS) is 28.5. The molecule has 0 radical (unpaired) electrons. The van der Waals surface area contributed by atoms with Crippen molar-refractivity contribution in [2.24, 2.45) is 5.92 Å². The summed E-state index contributed by atoms with van der Waals surface area (Å²) in [5.41, 5.74) is 1.93. The highest BCUT2D eigenvalue weighted by atomic mass is 16.3. The van der Waals surface area contributed by atoms with Crippen LogP contribution >= 0.6 is 0 Å². The van der Waals surface area contributed by atoms with Crippen LogP contribution in [0.5, 0.6) is 0 Å². The Kier molecular flexibility index (Phi) is 4.31. The molecular weight excluding hydrogens is 276 g/mol. The average molecular weight is 304 g/mol. The zero-order chi connectivity index (χ0) is 15.7. The minimum Gasteiger partial charge on any atom is -0.389 e. The van der Waals surface area contributed by atoms with Crippen LogP contribution in [-0.4, -0.2) is 39.2 Å². The van der Waals surface area contributed by atoms with Crippen LogP contribution in [0.3, 0.4) is 0 Å². The molecule has 2 heterocycles. The van der Waals surface area contributed by atoms with Gasteiger partial charge in [0.25, 0.3) is 0 Å². The molecule has 4 nitrogen and oxygen atoms in total. The zero-order valence-electron chi connectivity index (χ0n) is 13.8. The second-order valence-electron chi connectivity index (χ2n) is 7.15. The Labute approximate surface area is 133 Å². The van der Waals surface area contributed by atoms with E-state index in [-0.39, 0.29) is 11.8 Å². The molecule has 4 heteroatoms. The molecule has 2 unspecified atom stereocenters. The first-order valence-electron chi connectivity index (χ1n) is 8.62. The largest absolute Gasteiger partial charge is 0.389 e. The van der Waals surface area contributed by atoms with Crippen molar-refractivity contribution < 1.29 is 9.90 Å². The van der Waals surface area contributed by atoms with E-state index >= 15 is 0 Å². The Bertz CT molecular complexity index is 532. The maximum absolute atomic E-state index is 12.5. The first-order chi connectivity index (χ1) is 10.5. The maximum Gasteiger partial charge on any atom is 0.224 e. The van der Waals surface area contributed by atoms with Gasteiger partial charge in [0.1, 0.15) is 0 Å². The number of hydrogen-bond acceptors (Lipinski definition) is 2. The molecular formula is C18H28N2O2. The van der Waals surface area contributed by atoms with E-state index in [9.17, 15) is 9.90 Å². The molecule has 1 aromatic rings. The Morgan fingerprint density at radius 1 is 1.27 bits per heavy atom. The van der Waals surface area contributed by atoms with Crippen LogP contribution in [0.4, 0.5) is 0 Å². The predicted molar refractivity (Wildman–Crippen MR) is 86.6 cm³/mol. The van der Waals surface area contributed by atoms with E-state index in [1.54, 1.807) is 0 Å². The summed E-state index contributed by atoms with van der Waals surface area (Å²) >= 11 is 0. The summed E-state index contributed by atoms with van der Waals surface area (Å²) in [6.45, 7) is 6.39. The molecule has 3 rings (SSSR count). The van der Waals surface area contributed by atoms with E-state index in [0.29, 0.717) is 6.42 Å². The summed E-state index contributed by atoms with van der Waals surface area (Å²) in [7, 11) is 0. The summed E-state index contributed by atoms with van der Waals surface area (Å²) in [6.07, 6.45) is 5.62. The molecule has 1 saturated heterocycles. The lowest BCUT2D eigenvalue weighted by atomic mass is 9.71. The van der Waals surface area contributed by atoms with E-state index in [0.717, 1.165) is 45.3 Å². The standard InChI is InChI=1S/C18H28N2O2/c1-14-6-7-15(2)20(14)11-8-17(21)19-12-10-18(22)9-4-3-5-16(18)13-19/h6-7,16,22H,3-5,8-13H2,1-2H3. The van der Waals surface area contributed by atoms with Gasteiger partial charge in [-0.1, -0.05) is 12.8 Å². The molecule has 0 bridgehead atoms. The second-order valence-corrected chi connectivity index (χ2v) is 7.15. The van der Waals surface area contributed by atoms with Gasteiger partial charge in [0.05, 0.1) is 5.60 Å². The minimum atomic E-state index is -0.497. The quantitative estimate of drug-likeness (QED) is 0.933. The molecule has 2 aliphatic rings. The predicted octanol–water partition coefficient (Wildman–Crippen LogP) is 2.65. The van der Waals surface area contributed by atoms with Gasteiger partial charge in [-0.15, -0.1) is 0 Å². The van der Waals surface area contributed by atoms with E-state index in [1.165, 1.54) is 17.8 Å². The van der Waals surface area contributed by atoms with Gasteiger partial charge in [-0.2, -0.15) is 0 Å². The Hall–Kier alpha value is -1.29. The third kappa shape index (κ3) is 2.94. The summed E-state index contributed by atoms with van der Waals surface area (Å²) in [6, 6.07) is 4.20. The smallest absolute Gasteiger partial charge is 0.224 e. The van der Waals surface area contributed by atoms with Crippen LogP contribution in [-0.2, 0) is 11.3 Å². The van der Waals surface area contributed by atoms with Gasteiger partial charge in [0.2, 0.25) is 5.91 Å². The number of aryl methyl sites for hydroxylation is 2. The van der Waals surface area contributed by atoms with Crippen molar-refractivity contribution in [3.8, 4) is 0 Å². The zero-order valence-corrected chi connectivity index (χ0v) is 13.8. The van der Waals surface area contributed by atoms with Gasteiger partial charge in [0.15, 0.2) is 0 Å². The van der Waals surface area contributed by atoms with Gasteiger partial charge in [0, 0.05) is 43.4 Å². The first kappa shape index (κ1) is 15.6. The fraction of sp³-hybridized carbons (Fsp3) is 0.722. The van der Waals surface area contributed by atoms with Crippen LogP contribution in [0.15, 0.2) is 12.1 Å². The van der Waals surface area contributed by atoms with Gasteiger partial charge in [-0.25, -0.2) is 0 Å². The Morgan fingerprint density at radius 2 is 2.00 bits per heavy atom. The van der Waals surface area contributed by atoms with Crippen LogP contribution < -0.4 is 0 Å². The third-order valence-electron chi connectivity index (χ3n) is 5.75. The van der Waals surface area contributed by atoms with Crippen molar-refractivity contribution in [1.82, 2.24) is 9.47 Å². The molecule has 1 amide bonds. The van der Waals surface area contributed by atoms with Gasteiger partial charge >= 0.3 is 0 Å². The molecule has 1 aliphatic heterocycles. The second kappa shape index (κ2) is 6.07. The lowest BCUT2D eigenvalue weighted by Crippen LogP contribution is -2.54. The number of aliphatic hydroxyl groups is 1. The van der Waals surface area contributed by atoms with E-state index in [1.807, 2.05) is 4.90 Å². The minimum absolute atomic E-state index is 0.236. The number of carbonyl (C=O) groups is 1. The number of nitrogens with zero attached hydrogens (tertiary/aromatic N) is 2. The summed E-state index contributed by atoms with van der Waals surface area (Å²) in [4.78, 5) is 14.5. The van der Waals surface area contributed by atoms with Crippen LogP contribution in [0.1, 0.15) is 49.9 Å². The number of fused-ring (bicyclic) bond motifs is 1. The van der Waals surface area contributed by atoms with Crippen molar-refractivity contribution in [2.45, 2.75) is 64.5 Å². The fourth-order valence-corrected chi connectivity index (χ4v) is 4.21. The third-order valence-corrected chi connectivity index (χ3v) is 5.75. The topological polar surface area (TPSA) is 45.5 Å². The highest BCUT2D eigenvalue weighted by molar-refractivity contribution is 5.76. The molecule has 2 fully saturated rings. The SMILES string of the molecule is Cc1ccc(C)n1CCC(=O)N1CCC2(O)CCCCC2C1. The van der Waals surface area contributed by atoms with Gasteiger partial charge in [-0.3, -0.25) is 4.79 Å². The molecule has 1 aliphatic carbocycles. The molecule has 1 aromatic heterocycles. The molecule has 1 N–H and O–H groups in total. The number of aromatic nitrogens is 1. The van der Waals surface area contributed by atoms with Crippen molar-refractivity contribution in [2.75, 3.05) is 13.1 Å². The average Bonchev–Trinajstić information content (AvgIpc) is 2.82. The van der Waals surface area contributed by atoms with E-state index < -0.39 is 5.60 Å². The first-order valence-corrected chi connectivity index (χ1v) is 8.62. The number of amides is 1. The molecule has 1 saturated carbocycles. The van der Waals surface area contributed by atoms with Crippen LogP contribution in [0, 0.1) is 19.8 Å². The molecule has 0 spiro atoms. The number of carbonyl (C=O) groups excluding carboxylic acids is 1. The highest BCUT2D eigenvalue weighted by Gasteiger charge is 2.43. The van der Waals surface area contributed by atoms with E-state index in [4.69, 9.17) is 0 Å². The summed E-state index contributed by atoms with van der Waals surface area (Å²) in [5.74, 6) is 0.522. The monoisotopic (exact) mass is 304 g/mol. The molecule has 122 valence electrons. The van der Waals surface area contributed by atoms with Crippen molar-refractivity contribution in [3.63, 3.8) is 0 Å². The van der Waals surface area contributed by atoms with E-state index in [2.05, 4.69) is 30.5 Å². The van der Waals surface area contributed by atoms with Gasteiger partial charge < -0.3 is 14.6 Å². The van der Waals surface area contributed by atoms with Gasteiger partial charge in [-0.05, 0) is 45.2 Å². The van der Waals surface area contributed by atoms with Crippen molar-refractivity contribution in [1.29, 1.82) is 0 Å². The molecule has 2 atom stereocenters. The van der Waals surface area contributed by atoms with Crippen molar-refractivity contribution >= 4 is 5.91 Å². The highest BCUT2D eigenvalue weighted by Crippen LogP contribution is 2.39. The number of hydrogen-bond donors (Lipinski definition) is 1. The van der Waals surface area contributed by atoms with Crippen LogP contribution in [0.2, 0.25) is 0 Å². The van der Waals surface area contributed by atoms with Crippen LogP contribution in [0.25, 0.3) is 0 Å². The lowest BCUT2D eigenvalue weighted by Gasteiger charge is -2.47. The number of piperidine rings is 1. The summed E-state index contributed by atoms with van der Waals surface area (Å²) < 4.78 is 2.21.